The second-order valence-electron chi connectivity index (χ2n) is 7.97. The molecule has 0 aliphatic heterocycles. The van der Waals surface area contributed by atoms with E-state index in [9.17, 15) is 4.79 Å². The molecule has 1 aromatic heterocycles. The molecule has 1 N–H and O–H groups in total. The third-order valence-electron chi connectivity index (χ3n) is 5.63. The lowest BCUT2D eigenvalue weighted by molar-refractivity contribution is -0.111. The molecule has 0 saturated carbocycles. The van der Waals surface area contributed by atoms with Gasteiger partial charge in [0, 0.05) is 27.4 Å². The Bertz CT molecular complexity index is 1380. The summed E-state index contributed by atoms with van der Waals surface area (Å²) in [6.07, 6.45) is 4.25. The van der Waals surface area contributed by atoms with E-state index in [2.05, 4.69) is 68.1 Å². The average molecular weight is 584 g/mol. The number of anilines is 1. The van der Waals surface area contributed by atoms with Crippen LogP contribution in [-0.4, -0.2) is 18.0 Å². The van der Waals surface area contributed by atoms with Crippen LogP contribution in [0.4, 0.5) is 5.69 Å². The first-order valence-electron chi connectivity index (χ1n) is 10.9. The number of aromatic nitrogens is 1. The number of oxazole rings is 1. The van der Waals surface area contributed by atoms with Crippen molar-refractivity contribution in [2.24, 2.45) is 0 Å². The Kier molecular flexibility index (Phi) is 7.54. The van der Waals surface area contributed by atoms with E-state index in [1.807, 2.05) is 42.5 Å². The van der Waals surface area contributed by atoms with Crippen molar-refractivity contribution < 1.29 is 13.9 Å². The van der Waals surface area contributed by atoms with E-state index in [1.165, 1.54) is 11.6 Å². The summed E-state index contributed by atoms with van der Waals surface area (Å²) in [5.74, 6) is 1.38. The fraction of sp³-hybridized carbons (Fsp3) is 0.185. The van der Waals surface area contributed by atoms with Gasteiger partial charge in [-0.25, -0.2) is 4.98 Å². The predicted octanol–water partition coefficient (Wildman–Crippen LogP) is 8.19. The first-order chi connectivity index (χ1) is 16.4. The topological polar surface area (TPSA) is 64.4 Å². The molecule has 4 rings (SSSR count). The van der Waals surface area contributed by atoms with Crippen LogP contribution in [0.15, 0.2) is 74.0 Å². The molecule has 7 heteroatoms. The van der Waals surface area contributed by atoms with Gasteiger partial charge in [-0.1, -0.05) is 41.9 Å². The lowest BCUT2D eigenvalue weighted by Crippen LogP contribution is -2.07. The summed E-state index contributed by atoms with van der Waals surface area (Å²) in [4.78, 5) is 17.2. The number of hydrogen-bond acceptors (Lipinski definition) is 4. The SMILES string of the molecule is CC[C@H](C)c1ccc2oc(-c3cccc(NC(=O)/C=C/c4cc(Br)cc(Br)c4OC)c3)nc2c1. The summed E-state index contributed by atoms with van der Waals surface area (Å²) in [5, 5.41) is 2.90. The van der Waals surface area contributed by atoms with Gasteiger partial charge in [0.15, 0.2) is 5.58 Å². The predicted molar refractivity (Wildman–Crippen MR) is 144 cm³/mol. The molecule has 1 heterocycles. The maximum absolute atomic E-state index is 12.6. The summed E-state index contributed by atoms with van der Waals surface area (Å²) < 4.78 is 13.1. The highest BCUT2D eigenvalue weighted by Crippen LogP contribution is 2.33. The molecule has 34 heavy (non-hydrogen) atoms. The summed E-state index contributed by atoms with van der Waals surface area (Å²) in [6.45, 7) is 4.38. The smallest absolute Gasteiger partial charge is 0.248 e. The molecule has 0 saturated heterocycles. The van der Waals surface area contributed by atoms with Crippen molar-refractivity contribution in [2.45, 2.75) is 26.2 Å². The van der Waals surface area contributed by atoms with Crippen LogP contribution in [0.2, 0.25) is 0 Å². The molecule has 3 aromatic carbocycles. The minimum Gasteiger partial charge on any atom is -0.495 e. The van der Waals surface area contributed by atoms with Crippen molar-refractivity contribution in [3.05, 3.63) is 80.7 Å². The van der Waals surface area contributed by atoms with E-state index >= 15 is 0 Å². The summed E-state index contributed by atoms with van der Waals surface area (Å²) in [7, 11) is 1.59. The zero-order chi connectivity index (χ0) is 24.2. The van der Waals surface area contributed by atoms with E-state index in [-0.39, 0.29) is 5.91 Å². The summed E-state index contributed by atoms with van der Waals surface area (Å²) in [6, 6.07) is 17.4. The van der Waals surface area contributed by atoms with E-state index in [1.54, 1.807) is 13.2 Å². The molecule has 0 aliphatic carbocycles. The quantitative estimate of drug-likeness (QED) is 0.223. The van der Waals surface area contributed by atoms with Crippen LogP contribution >= 0.6 is 31.9 Å². The number of halogens is 2. The van der Waals surface area contributed by atoms with Crippen LogP contribution in [0.5, 0.6) is 5.75 Å². The van der Waals surface area contributed by atoms with E-state index in [4.69, 9.17) is 9.15 Å². The third-order valence-corrected chi connectivity index (χ3v) is 6.67. The van der Waals surface area contributed by atoms with Crippen LogP contribution in [0.3, 0.4) is 0 Å². The number of carbonyl (C=O) groups is 1. The minimum atomic E-state index is -0.258. The molecule has 0 aliphatic rings. The zero-order valence-corrected chi connectivity index (χ0v) is 22.2. The van der Waals surface area contributed by atoms with Crippen LogP contribution in [0.25, 0.3) is 28.6 Å². The number of benzene rings is 3. The standard InChI is InChI=1S/C27H24Br2N2O3/c1-4-16(2)17-8-10-24-23(14-17)31-27(34-24)19-6-5-7-21(13-19)30-25(32)11-9-18-12-20(28)15-22(29)26(18)33-3/h5-16H,4H2,1-3H3,(H,30,32)/b11-9+/t16-/m0/s1. The van der Waals surface area contributed by atoms with Crippen molar-refractivity contribution >= 4 is 60.6 Å². The van der Waals surface area contributed by atoms with Crippen molar-refractivity contribution in [3.8, 4) is 17.2 Å². The molecule has 5 nitrogen and oxygen atoms in total. The van der Waals surface area contributed by atoms with E-state index in [0.717, 1.165) is 37.6 Å². The van der Waals surface area contributed by atoms with Crippen LogP contribution in [-0.2, 0) is 4.79 Å². The highest BCUT2D eigenvalue weighted by molar-refractivity contribution is 9.11. The van der Waals surface area contributed by atoms with E-state index in [0.29, 0.717) is 23.2 Å². The Morgan fingerprint density at radius 1 is 1.18 bits per heavy atom. The first-order valence-corrected chi connectivity index (χ1v) is 12.5. The minimum absolute atomic E-state index is 0.258. The molecule has 0 bridgehead atoms. The molecule has 0 fully saturated rings. The average Bonchev–Trinajstić information content (AvgIpc) is 3.25. The second kappa shape index (κ2) is 10.6. The Balaban J connectivity index is 1.53. The Morgan fingerprint density at radius 3 is 2.76 bits per heavy atom. The molecule has 0 radical (unpaired) electrons. The number of carbonyl (C=O) groups excluding carboxylic acids is 1. The van der Waals surface area contributed by atoms with Gasteiger partial charge in [0.2, 0.25) is 11.8 Å². The molecule has 4 aromatic rings. The fourth-order valence-electron chi connectivity index (χ4n) is 3.61. The number of amides is 1. The van der Waals surface area contributed by atoms with Gasteiger partial charge in [0.1, 0.15) is 11.3 Å². The van der Waals surface area contributed by atoms with Crippen LogP contribution in [0, 0.1) is 0 Å². The van der Waals surface area contributed by atoms with Gasteiger partial charge in [-0.15, -0.1) is 0 Å². The molecule has 1 atom stereocenters. The molecule has 174 valence electrons. The maximum atomic E-state index is 12.6. The number of methoxy groups -OCH3 is 1. The van der Waals surface area contributed by atoms with Crippen LogP contribution in [0.1, 0.15) is 37.3 Å². The van der Waals surface area contributed by atoms with Gasteiger partial charge in [0.25, 0.3) is 0 Å². The Hall–Kier alpha value is -2.90. The third kappa shape index (κ3) is 5.42. The molecule has 0 unspecified atom stereocenters. The fourth-order valence-corrected chi connectivity index (χ4v) is 5.03. The van der Waals surface area contributed by atoms with Crippen molar-refractivity contribution in [1.82, 2.24) is 4.98 Å². The number of fused-ring (bicyclic) bond motifs is 1. The van der Waals surface area contributed by atoms with Gasteiger partial charge in [-0.2, -0.15) is 0 Å². The Morgan fingerprint density at radius 2 is 2.00 bits per heavy atom. The lowest BCUT2D eigenvalue weighted by atomic mass is 9.98. The van der Waals surface area contributed by atoms with Gasteiger partial charge >= 0.3 is 0 Å². The Labute approximate surface area is 215 Å². The van der Waals surface area contributed by atoms with Gasteiger partial charge in [-0.3, -0.25) is 4.79 Å². The monoisotopic (exact) mass is 582 g/mol. The van der Waals surface area contributed by atoms with Crippen LogP contribution < -0.4 is 10.1 Å². The highest BCUT2D eigenvalue weighted by Gasteiger charge is 2.12. The number of ether oxygens (including phenoxy) is 1. The lowest BCUT2D eigenvalue weighted by Gasteiger charge is -2.08. The highest BCUT2D eigenvalue weighted by atomic mass is 79.9. The van der Waals surface area contributed by atoms with Gasteiger partial charge < -0.3 is 14.5 Å². The molecule has 1 amide bonds. The number of rotatable bonds is 7. The second-order valence-corrected chi connectivity index (χ2v) is 9.74. The van der Waals surface area contributed by atoms with Crippen molar-refractivity contribution in [3.63, 3.8) is 0 Å². The summed E-state index contributed by atoms with van der Waals surface area (Å²) >= 11 is 6.93. The maximum Gasteiger partial charge on any atom is 0.248 e. The number of nitrogens with zero attached hydrogens (tertiary/aromatic N) is 1. The molecule has 0 spiro atoms. The number of nitrogens with one attached hydrogen (secondary N) is 1. The van der Waals surface area contributed by atoms with Gasteiger partial charge in [0.05, 0.1) is 11.6 Å². The van der Waals surface area contributed by atoms with Crippen molar-refractivity contribution in [1.29, 1.82) is 0 Å². The largest absolute Gasteiger partial charge is 0.495 e. The van der Waals surface area contributed by atoms with Gasteiger partial charge in [-0.05, 0) is 82.4 Å². The normalized spacial score (nSPS) is 12.3. The van der Waals surface area contributed by atoms with E-state index < -0.39 is 0 Å². The van der Waals surface area contributed by atoms with Crippen molar-refractivity contribution in [2.75, 3.05) is 12.4 Å². The molecular weight excluding hydrogens is 560 g/mol. The molecular formula is C27H24Br2N2O3. The summed E-state index contributed by atoms with van der Waals surface area (Å²) in [5.41, 5.74) is 5.04. The number of hydrogen-bond donors (Lipinski definition) is 1. The first kappa shape index (κ1) is 24.2. The zero-order valence-electron chi connectivity index (χ0n) is 19.1.